The highest BCUT2D eigenvalue weighted by Gasteiger charge is 2.62. The first-order valence-corrected chi connectivity index (χ1v) is 10.3. The average Bonchev–Trinajstić information content (AvgIpc) is 2.45. The van der Waals surface area contributed by atoms with Crippen molar-refractivity contribution in [3.8, 4) is 0 Å². The second-order valence-corrected chi connectivity index (χ2v) is 10.6. The second-order valence-electron chi connectivity index (χ2n) is 9.33. The molecule has 25 heavy (non-hydrogen) atoms. The van der Waals surface area contributed by atoms with E-state index in [1.54, 1.807) is 0 Å². The molecule has 0 unspecified atom stereocenters. The number of halogens is 1. The van der Waals surface area contributed by atoms with Gasteiger partial charge in [-0.1, -0.05) is 29.8 Å². The Morgan fingerprint density at radius 2 is 1.68 bits per heavy atom. The summed E-state index contributed by atoms with van der Waals surface area (Å²) in [7, 11) is 0. The van der Waals surface area contributed by atoms with Crippen LogP contribution in [0.15, 0.2) is 28.7 Å². The number of thiocarbonyl (C=S) groups is 1. The van der Waals surface area contributed by atoms with Crippen LogP contribution in [0.4, 0.5) is 5.69 Å². The summed E-state index contributed by atoms with van der Waals surface area (Å²) in [5.41, 5.74) is 1.31. The molecule has 0 aliphatic heterocycles. The van der Waals surface area contributed by atoms with Gasteiger partial charge in [0.05, 0.1) is 5.41 Å². The molecule has 4 saturated carbocycles. The fourth-order valence-electron chi connectivity index (χ4n) is 6.63. The van der Waals surface area contributed by atoms with Crippen LogP contribution in [-0.4, -0.2) is 11.0 Å². The lowest BCUT2D eigenvalue weighted by atomic mass is 9.40. The predicted molar refractivity (Wildman–Crippen MR) is 108 cm³/mol. The van der Waals surface area contributed by atoms with Crippen LogP contribution in [0.3, 0.4) is 0 Å². The van der Waals surface area contributed by atoms with Crippen LogP contribution in [0.2, 0.25) is 0 Å². The number of carbonyl (C=O) groups is 1. The number of hydrogen-bond donors (Lipinski definition) is 2. The molecule has 0 spiro atoms. The molecule has 5 heteroatoms. The third-order valence-corrected chi connectivity index (χ3v) is 7.17. The maximum absolute atomic E-state index is 13.2. The van der Waals surface area contributed by atoms with Gasteiger partial charge in [-0.05, 0) is 91.8 Å². The summed E-state index contributed by atoms with van der Waals surface area (Å²) in [6.45, 7) is 4.77. The van der Waals surface area contributed by atoms with Crippen LogP contribution in [0, 0.1) is 22.2 Å². The van der Waals surface area contributed by atoms with E-state index in [9.17, 15) is 4.79 Å². The first-order chi connectivity index (χ1) is 11.7. The van der Waals surface area contributed by atoms with Gasteiger partial charge in [-0.25, -0.2) is 0 Å². The van der Waals surface area contributed by atoms with Crippen LogP contribution in [0.25, 0.3) is 0 Å². The topological polar surface area (TPSA) is 41.1 Å². The van der Waals surface area contributed by atoms with Crippen LogP contribution in [0.1, 0.15) is 52.4 Å². The van der Waals surface area contributed by atoms with Crippen molar-refractivity contribution in [1.29, 1.82) is 0 Å². The van der Waals surface area contributed by atoms with E-state index < -0.39 is 0 Å². The Morgan fingerprint density at radius 1 is 1.08 bits per heavy atom. The lowest BCUT2D eigenvalue weighted by Gasteiger charge is -2.64. The van der Waals surface area contributed by atoms with E-state index in [0.29, 0.717) is 21.9 Å². The number of hydrogen-bond acceptors (Lipinski definition) is 2. The number of nitrogens with one attached hydrogen (secondary N) is 2. The van der Waals surface area contributed by atoms with Gasteiger partial charge in [-0.3, -0.25) is 4.79 Å². The molecular formula is C20H25BrN2OS. The molecule has 0 radical (unpaired) electrons. The maximum Gasteiger partial charge on any atom is 0.232 e. The first kappa shape index (κ1) is 17.5. The largest absolute Gasteiger partial charge is 0.332 e. The van der Waals surface area contributed by atoms with E-state index in [4.69, 9.17) is 12.2 Å². The zero-order valence-electron chi connectivity index (χ0n) is 14.8. The summed E-state index contributed by atoms with van der Waals surface area (Å²) >= 11 is 8.82. The fraction of sp³-hybridized carbons (Fsp3) is 0.600. The van der Waals surface area contributed by atoms with Gasteiger partial charge in [-0.2, -0.15) is 0 Å². The summed E-state index contributed by atoms with van der Waals surface area (Å²) in [5, 5.41) is 6.54. The number of rotatable bonds is 2. The zero-order valence-corrected chi connectivity index (χ0v) is 17.2. The van der Waals surface area contributed by atoms with Gasteiger partial charge in [0.25, 0.3) is 0 Å². The molecular weight excluding hydrogens is 396 g/mol. The minimum Gasteiger partial charge on any atom is -0.332 e. The summed E-state index contributed by atoms with van der Waals surface area (Å²) in [5.74, 6) is 0.827. The Balaban J connectivity index is 1.47. The minimum atomic E-state index is -0.228. The third kappa shape index (κ3) is 3.25. The SMILES string of the molecule is C[C@]12CC3CC(C(=O)NC(=S)Nc4ccc(Br)cc4)(C1)C[C@](C)(C3)C2. The Labute approximate surface area is 163 Å². The van der Waals surface area contributed by atoms with Crippen LogP contribution in [-0.2, 0) is 4.79 Å². The molecule has 1 aromatic rings. The molecule has 4 fully saturated rings. The normalized spacial score (nSPS) is 38.4. The van der Waals surface area contributed by atoms with Crippen molar-refractivity contribution in [2.24, 2.45) is 22.2 Å². The molecule has 134 valence electrons. The number of amides is 1. The van der Waals surface area contributed by atoms with Crippen molar-refractivity contribution in [2.75, 3.05) is 5.32 Å². The highest BCUT2D eigenvalue weighted by Crippen LogP contribution is 2.69. The molecule has 3 nitrogen and oxygen atoms in total. The Morgan fingerprint density at radius 3 is 2.24 bits per heavy atom. The van der Waals surface area contributed by atoms with Gasteiger partial charge in [0, 0.05) is 10.2 Å². The Hall–Kier alpha value is -0.940. The molecule has 0 aromatic heterocycles. The number of carbonyl (C=O) groups excluding carboxylic acids is 1. The van der Waals surface area contributed by atoms with Gasteiger partial charge in [0.15, 0.2) is 5.11 Å². The van der Waals surface area contributed by atoms with Crippen molar-refractivity contribution in [3.63, 3.8) is 0 Å². The monoisotopic (exact) mass is 420 g/mol. The molecule has 0 heterocycles. The fourth-order valence-corrected chi connectivity index (χ4v) is 7.11. The summed E-state index contributed by atoms with van der Waals surface area (Å²) in [6.07, 6.45) is 6.91. The van der Waals surface area contributed by atoms with Crippen LogP contribution in [0.5, 0.6) is 0 Å². The van der Waals surface area contributed by atoms with Gasteiger partial charge in [0.1, 0.15) is 0 Å². The summed E-state index contributed by atoms with van der Waals surface area (Å²) in [6, 6.07) is 7.78. The quantitative estimate of drug-likeness (QED) is 0.641. The molecule has 5 rings (SSSR count). The van der Waals surface area contributed by atoms with Crippen molar-refractivity contribution < 1.29 is 4.79 Å². The number of anilines is 1. The smallest absolute Gasteiger partial charge is 0.232 e. The van der Waals surface area contributed by atoms with Crippen molar-refractivity contribution in [2.45, 2.75) is 52.4 Å². The standard InChI is InChI=1S/C20H25BrN2OS/c1-18-7-13-8-19(2,10-18)12-20(9-13,11-18)16(24)23-17(25)22-15-5-3-14(21)4-6-15/h3-6,13H,7-12H2,1-2H3,(H2,22,23,24,25)/t13?,18-,19-,20?/m1/s1. The molecule has 1 amide bonds. The summed E-state index contributed by atoms with van der Waals surface area (Å²) in [4.78, 5) is 13.2. The van der Waals surface area contributed by atoms with Gasteiger partial charge in [-0.15, -0.1) is 0 Å². The van der Waals surface area contributed by atoms with E-state index in [1.807, 2.05) is 24.3 Å². The van der Waals surface area contributed by atoms with Crippen LogP contribution >= 0.6 is 28.1 Å². The maximum atomic E-state index is 13.2. The van der Waals surface area contributed by atoms with Gasteiger partial charge in [0.2, 0.25) is 5.91 Å². The predicted octanol–water partition coefficient (Wildman–Crippen LogP) is 5.26. The Bertz CT molecular complexity index is 714. The molecule has 1 aromatic carbocycles. The highest BCUT2D eigenvalue weighted by molar-refractivity contribution is 9.10. The van der Waals surface area contributed by atoms with Crippen molar-refractivity contribution >= 4 is 44.9 Å². The minimum absolute atomic E-state index is 0.128. The lowest BCUT2D eigenvalue weighted by Crippen LogP contribution is -2.60. The van der Waals surface area contributed by atoms with Crippen LogP contribution < -0.4 is 10.6 Å². The van der Waals surface area contributed by atoms with Crippen molar-refractivity contribution in [3.05, 3.63) is 28.7 Å². The average molecular weight is 421 g/mol. The number of benzene rings is 1. The van der Waals surface area contributed by atoms with Crippen molar-refractivity contribution in [1.82, 2.24) is 5.32 Å². The molecule has 2 atom stereocenters. The van der Waals surface area contributed by atoms with Gasteiger partial charge >= 0.3 is 0 Å². The molecule has 4 bridgehead atoms. The lowest BCUT2D eigenvalue weighted by molar-refractivity contribution is -0.168. The Kier molecular flexibility index (Phi) is 4.04. The third-order valence-electron chi connectivity index (χ3n) is 6.44. The summed E-state index contributed by atoms with van der Waals surface area (Å²) < 4.78 is 1.02. The second kappa shape index (κ2) is 5.78. The van der Waals surface area contributed by atoms with Gasteiger partial charge < -0.3 is 10.6 Å². The molecule has 4 aliphatic carbocycles. The highest BCUT2D eigenvalue weighted by atomic mass is 79.9. The van der Waals surface area contributed by atoms with E-state index in [-0.39, 0.29) is 11.3 Å². The van der Waals surface area contributed by atoms with E-state index >= 15 is 0 Å². The van der Waals surface area contributed by atoms with E-state index in [2.05, 4.69) is 40.4 Å². The van der Waals surface area contributed by atoms with E-state index in [0.717, 1.165) is 29.4 Å². The molecule has 2 N–H and O–H groups in total. The molecule has 0 saturated heterocycles. The van der Waals surface area contributed by atoms with E-state index in [1.165, 1.54) is 19.3 Å². The molecule has 4 aliphatic rings. The first-order valence-electron chi connectivity index (χ1n) is 9.08. The zero-order chi connectivity index (χ0) is 17.9.